The van der Waals surface area contributed by atoms with Crippen LogP contribution in [0.1, 0.15) is 58.5 Å². The van der Waals surface area contributed by atoms with Gasteiger partial charge in [-0.3, -0.25) is 9.59 Å². The van der Waals surface area contributed by atoms with Crippen LogP contribution in [0.15, 0.2) is 59.1 Å². The second-order valence-electron chi connectivity index (χ2n) is 7.67. The van der Waals surface area contributed by atoms with Crippen molar-refractivity contribution in [1.29, 1.82) is 0 Å². The third kappa shape index (κ3) is 4.19. The molecule has 1 heterocycles. The van der Waals surface area contributed by atoms with Crippen molar-refractivity contribution in [2.24, 2.45) is 0 Å². The first-order chi connectivity index (χ1) is 14.5. The van der Waals surface area contributed by atoms with Gasteiger partial charge in [-0.1, -0.05) is 77.7 Å². The Morgan fingerprint density at radius 1 is 0.967 bits per heavy atom. The molecule has 0 bridgehead atoms. The molecule has 1 fully saturated rings. The van der Waals surface area contributed by atoms with Gasteiger partial charge in [-0.05, 0) is 30.5 Å². The van der Waals surface area contributed by atoms with Crippen LogP contribution in [0, 0.1) is 0 Å². The monoisotopic (exact) mass is 465 g/mol. The summed E-state index contributed by atoms with van der Waals surface area (Å²) in [6.07, 6.45) is 5.38. The van der Waals surface area contributed by atoms with Gasteiger partial charge in [0.05, 0.1) is 11.3 Å². The molecule has 0 atom stereocenters. The van der Waals surface area contributed by atoms with E-state index in [4.69, 9.17) is 5.73 Å². The maximum atomic E-state index is 13.3. The number of aromatic amines is 1. The Balaban J connectivity index is 1.79. The average molecular weight is 466 g/mol. The van der Waals surface area contributed by atoms with Crippen LogP contribution in [0.4, 0.5) is 5.82 Å². The summed E-state index contributed by atoms with van der Waals surface area (Å²) >= 11 is 3.44. The third-order valence-electron chi connectivity index (χ3n) is 5.59. The van der Waals surface area contributed by atoms with Gasteiger partial charge >= 0.3 is 0 Å². The van der Waals surface area contributed by atoms with Crippen LogP contribution in [0.3, 0.4) is 0 Å². The maximum Gasteiger partial charge on any atom is 0.255 e. The summed E-state index contributed by atoms with van der Waals surface area (Å²) in [5.41, 5.74) is 8.76. The summed E-state index contributed by atoms with van der Waals surface area (Å²) in [7, 11) is 0. The summed E-state index contributed by atoms with van der Waals surface area (Å²) in [5.74, 6) is -0.224. The fourth-order valence-electron chi connectivity index (χ4n) is 4.07. The first-order valence-corrected chi connectivity index (χ1v) is 11.0. The second kappa shape index (κ2) is 8.88. The lowest BCUT2D eigenvalue weighted by atomic mass is 9.94. The normalized spacial score (nSPS) is 14.4. The number of ketones is 1. The predicted octanol–water partition coefficient (Wildman–Crippen LogP) is 5.32. The smallest absolute Gasteiger partial charge is 0.255 e. The van der Waals surface area contributed by atoms with E-state index in [0.29, 0.717) is 22.4 Å². The fourth-order valence-corrected chi connectivity index (χ4v) is 4.33. The summed E-state index contributed by atoms with van der Waals surface area (Å²) in [5, 5.41) is 3.13. The highest BCUT2D eigenvalue weighted by atomic mass is 79.9. The van der Waals surface area contributed by atoms with Crippen LogP contribution in [0.2, 0.25) is 0 Å². The summed E-state index contributed by atoms with van der Waals surface area (Å²) < 4.78 is 0.916. The minimum Gasteiger partial charge on any atom is -0.385 e. The molecule has 0 saturated heterocycles. The molecule has 4 rings (SSSR count). The van der Waals surface area contributed by atoms with Crippen molar-refractivity contribution < 1.29 is 9.59 Å². The number of rotatable bonds is 5. The van der Waals surface area contributed by atoms with Crippen LogP contribution in [-0.2, 0) is 0 Å². The Labute approximate surface area is 184 Å². The molecule has 1 saturated carbocycles. The fraction of sp³-hybridized carbons (Fsp3) is 0.250. The van der Waals surface area contributed by atoms with Crippen LogP contribution in [0.5, 0.6) is 0 Å². The Bertz CT molecular complexity index is 1050. The molecular formula is C24H24BrN3O2. The number of carbonyl (C=O) groups excluding carboxylic acids is 2. The zero-order valence-corrected chi connectivity index (χ0v) is 18.2. The van der Waals surface area contributed by atoms with Crippen molar-refractivity contribution in [3.63, 3.8) is 0 Å². The van der Waals surface area contributed by atoms with E-state index in [1.165, 1.54) is 6.42 Å². The topological polar surface area (TPSA) is 88.0 Å². The van der Waals surface area contributed by atoms with E-state index in [1.807, 2.05) is 42.5 Å². The minimum atomic E-state index is -0.235. The van der Waals surface area contributed by atoms with Crippen molar-refractivity contribution in [3.8, 4) is 11.1 Å². The van der Waals surface area contributed by atoms with E-state index in [9.17, 15) is 9.59 Å². The van der Waals surface area contributed by atoms with Gasteiger partial charge in [0.2, 0.25) is 5.78 Å². The molecule has 1 amide bonds. The van der Waals surface area contributed by atoms with E-state index in [-0.39, 0.29) is 23.6 Å². The van der Waals surface area contributed by atoms with Gasteiger partial charge in [0.1, 0.15) is 5.82 Å². The number of hydrogen-bond acceptors (Lipinski definition) is 3. The quantitative estimate of drug-likeness (QED) is 0.445. The molecule has 3 aromatic rings. The van der Waals surface area contributed by atoms with E-state index in [2.05, 4.69) is 26.2 Å². The number of H-pyrrole nitrogens is 1. The molecule has 0 radical (unpaired) electrons. The number of hydrogen-bond donors (Lipinski definition) is 3. The standard InChI is InChI=1S/C24H24BrN3O2/c25-17-13-11-15(12-14-17)19-20(24(30)27-18-9-5-2-6-10-18)23(26)28-21(19)22(29)16-7-3-1-4-8-16/h1,3-4,7-8,11-14,18,28H,2,5-6,9-10,26H2,(H,27,30). The van der Waals surface area contributed by atoms with Gasteiger partial charge in [-0.2, -0.15) is 0 Å². The molecule has 1 aromatic heterocycles. The van der Waals surface area contributed by atoms with E-state index < -0.39 is 0 Å². The number of nitrogens with one attached hydrogen (secondary N) is 2. The lowest BCUT2D eigenvalue weighted by Gasteiger charge is -2.23. The number of nitrogens with two attached hydrogens (primary N) is 1. The maximum absolute atomic E-state index is 13.3. The van der Waals surface area contributed by atoms with E-state index in [1.54, 1.807) is 12.1 Å². The number of aromatic nitrogens is 1. The van der Waals surface area contributed by atoms with Gasteiger partial charge < -0.3 is 16.0 Å². The minimum absolute atomic E-state index is 0.145. The lowest BCUT2D eigenvalue weighted by Crippen LogP contribution is -2.36. The largest absolute Gasteiger partial charge is 0.385 e. The number of nitrogen functional groups attached to an aromatic ring is 1. The molecule has 1 aliphatic rings. The predicted molar refractivity (Wildman–Crippen MR) is 123 cm³/mol. The van der Waals surface area contributed by atoms with Crippen LogP contribution < -0.4 is 11.1 Å². The van der Waals surface area contributed by atoms with Crippen LogP contribution >= 0.6 is 15.9 Å². The van der Waals surface area contributed by atoms with E-state index >= 15 is 0 Å². The Morgan fingerprint density at radius 3 is 2.30 bits per heavy atom. The third-order valence-corrected chi connectivity index (χ3v) is 6.12. The highest BCUT2D eigenvalue weighted by Gasteiger charge is 2.28. The number of anilines is 1. The van der Waals surface area contributed by atoms with Crippen LogP contribution in [-0.4, -0.2) is 22.7 Å². The highest BCUT2D eigenvalue weighted by Crippen LogP contribution is 2.34. The van der Waals surface area contributed by atoms with Gasteiger partial charge in [-0.15, -0.1) is 0 Å². The molecule has 154 valence electrons. The number of benzene rings is 2. The number of carbonyl (C=O) groups is 2. The summed E-state index contributed by atoms with van der Waals surface area (Å²) in [6.45, 7) is 0. The van der Waals surface area contributed by atoms with Crippen molar-refractivity contribution in [1.82, 2.24) is 10.3 Å². The molecular weight excluding hydrogens is 442 g/mol. The van der Waals surface area contributed by atoms with Gasteiger partial charge in [0, 0.05) is 21.6 Å². The van der Waals surface area contributed by atoms with Gasteiger partial charge in [0.25, 0.3) is 5.91 Å². The molecule has 0 aliphatic heterocycles. The number of amides is 1. The van der Waals surface area contributed by atoms with Crippen molar-refractivity contribution in [2.75, 3.05) is 5.73 Å². The SMILES string of the molecule is Nc1[nH]c(C(=O)c2ccccc2)c(-c2ccc(Br)cc2)c1C(=O)NC1CCCCC1. The molecule has 5 nitrogen and oxygen atoms in total. The Morgan fingerprint density at radius 2 is 1.63 bits per heavy atom. The molecule has 30 heavy (non-hydrogen) atoms. The average Bonchev–Trinajstić information content (AvgIpc) is 3.12. The number of halogens is 1. The van der Waals surface area contributed by atoms with Gasteiger partial charge in [0.15, 0.2) is 0 Å². The molecule has 6 heteroatoms. The highest BCUT2D eigenvalue weighted by molar-refractivity contribution is 9.10. The molecule has 4 N–H and O–H groups in total. The molecule has 2 aromatic carbocycles. The second-order valence-corrected chi connectivity index (χ2v) is 8.59. The first kappa shape index (κ1) is 20.4. The van der Waals surface area contributed by atoms with E-state index in [0.717, 1.165) is 35.7 Å². The Kier molecular flexibility index (Phi) is 6.04. The molecule has 0 spiro atoms. The molecule has 0 unspecified atom stereocenters. The first-order valence-electron chi connectivity index (χ1n) is 10.2. The van der Waals surface area contributed by atoms with Gasteiger partial charge in [-0.25, -0.2) is 0 Å². The molecule has 1 aliphatic carbocycles. The zero-order chi connectivity index (χ0) is 21.1. The zero-order valence-electron chi connectivity index (χ0n) is 16.6. The van der Waals surface area contributed by atoms with Crippen molar-refractivity contribution >= 4 is 33.4 Å². The summed E-state index contributed by atoms with van der Waals surface area (Å²) in [6, 6.07) is 16.7. The summed E-state index contributed by atoms with van der Waals surface area (Å²) in [4.78, 5) is 29.5. The lowest BCUT2D eigenvalue weighted by molar-refractivity contribution is 0.0929. The van der Waals surface area contributed by atoms with Crippen molar-refractivity contribution in [2.45, 2.75) is 38.1 Å². The van der Waals surface area contributed by atoms with Crippen LogP contribution in [0.25, 0.3) is 11.1 Å². The Hall–Kier alpha value is -2.86. The van der Waals surface area contributed by atoms with Crippen molar-refractivity contribution in [3.05, 3.63) is 75.9 Å².